The first-order valence-electron chi connectivity index (χ1n) is 5.27. The summed E-state index contributed by atoms with van der Waals surface area (Å²) in [5.41, 5.74) is 0.788. The lowest BCUT2D eigenvalue weighted by Gasteiger charge is -2.13. The predicted molar refractivity (Wildman–Crippen MR) is 67.5 cm³/mol. The van der Waals surface area contributed by atoms with Crippen molar-refractivity contribution in [1.29, 1.82) is 0 Å². The van der Waals surface area contributed by atoms with Gasteiger partial charge in [0.25, 0.3) is 0 Å². The lowest BCUT2D eigenvalue weighted by atomic mass is 10.1. The second-order valence-electron chi connectivity index (χ2n) is 3.76. The molecule has 4 nitrogen and oxygen atoms in total. The largest absolute Gasteiger partial charge is 0.476 e. The Morgan fingerprint density at radius 3 is 2.94 bits per heavy atom. The number of carbonyl (C=O) groups is 1. The molecule has 1 aromatic heterocycles. The molecule has 1 heterocycles. The number of halogens is 1. The second kappa shape index (κ2) is 5.14. The van der Waals surface area contributed by atoms with Crippen LogP contribution in [0.5, 0.6) is 0 Å². The van der Waals surface area contributed by atoms with Gasteiger partial charge in [-0.2, -0.15) is 0 Å². The number of hydrogen-bond donors (Lipinski definition) is 2. The third kappa shape index (κ3) is 2.84. The minimum atomic E-state index is -1.06. The number of hydrogen-bond acceptors (Lipinski definition) is 4. The Labute approximate surface area is 107 Å². The molecule has 0 aliphatic carbocycles. The zero-order valence-electron chi connectivity index (χ0n) is 9.55. The van der Waals surface area contributed by atoms with Crippen molar-refractivity contribution in [3.63, 3.8) is 0 Å². The van der Waals surface area contributed by atoms with Crippen molar-refractivity contribution in [2.24, 2.45) is 0 Å². The fourth-order valence-corrected chi connectivity index (χ4v) is 2.26. The molecule has 0 bridgehead atoms. The summed E-state index contributed by atoms with van der Waals surface area (Å²) in [7, 11) is 0. The fourth-order valence-electron chi connectivity index (χ4n) is 1.48. The highest BCUT2D eigenvalue weighted by Crippen LogP contribution is 2.22. The summed E-state index contributed by atoms with van der Waals surface area (Å²) in [4.78, 5) is 14.6. The van der Waals surface area contributed by atoms with Crippen molar-refractivity contribution in [1.82, 2.24) is 4.98 Å². The van der Waals surface area contributed by atoms with Gasteiger partial charge >= 0.3 is 5.97 Å². The molecule has 1 aromatic carbocycles. The number of thiazole rings is 1. The summed E-state index contributed by atoms with van der Waals surface area (Å²) < 4.78 is 13.1. The van der Waals surface area contributed by atoms with Gasteiger partial charge in [-0.25, -0.2) is 14.2 Å². The SMILES string of the molecule is CC(Nc1nc(C(=O)O)cs1)c1cccc(F)c1. The molecule has 0 aliphatic rings. The van der Waals surface area contributed by atoms with Crippen molar-refractivity contribution in [3.8, 4) is 0 Å². The Morgan fingerprint density at radius 1 is 1.56 bits per heavy atom. The van der Waals surface area contributed by atoms with Gasteiger partial charge in [0, 0.05) is 5.38 Å². The van der Waals surface area contributed by atoms with Gasteiger partial charge in [0.1, 0.15) is 5.82 Å². The maximum Gasteiger partial charge on any atom is 0.355 e. The summed E-state index contributed by atoms with van der Waals surface area (Å²) in [5, 5.41) is 13.8. The molecule has 0 saturated carbocycles. The molecule has 0 amide bonds. The molecular formula is C12H11FN2O2S. The number of rotatable bonds is 4. The number of nitrogens with zero attached hydrogens (tertiary/aromatic N) is 1. The molecule has 2 rings (SSSR count). The summed E-state index contributed by atoms with van der Waals surface area (Å²) >= 11 is 1.21. The number of nitrogens with one attached hydrogen (secondary N) is 1. The lowest BCUT2D eigenvalue weighted by Crippen LogP contribution is -2.07. The molecule has 0 aliphatic heterocycles. The van der Waals surface area contributed by atoms with E-state index in [-0.39, 0.29) is 17.6 Å². The van der Waals surface area contributed by atoms with Crippen molar-refractivity contribution in [2.45, 2.75) is 13.0 Å². The van der Waals surface area contributed by atoms with E-state index in [0.29, 0.717) is 5.13 Å². The summed E-state index contributed by atoms with van der Waals surface area (Å²) in [6.07, 6.45) is 0. The minimum Gasteiger partial charge on any atom is -0.476 e. The first-order valence-corrected chi connectivity index (χ1v) is 6.15. The van der Waals surface area contributed by atoms with Gasteiger partial charge in [0.2, 0.25) is 0 Å². The number of benzene rings is 1. The monoisotopic (exact) mass is 266 g/mol. The fraction of sp³-hybridized carbons (Fsp3) is 0.167. The van der Waals surface area contributed by atoms with Crippen LogP contribution in [0.2, 0.25) is 0 Å². The van der Waals surface area contributed by atoms with Crippen molar-refractivity contribution in [2.75, 3.05) is 5.32 Å². The lowest BCUT2D eigenvalue weighted by molar-refractivity contribution is 0.0691. The predicted octanol–water partition coefficient (Wildman–Crippen LogP) is 3.15. The molecular weight excluding hydrogens is 255 g/mol. The average molecular weight is 266 g/mol. The van der Waals surface area contributed by atoms with Gasteiger partial charge in [-0.15, -0.1) is 11.3 Å². The average Bonchev–Trinajstić information content (AvgIpc) is 2.77. The minimum absolute atomic E-state index is 0.00828. The molecule has 94 valence electrons. The molecule has 18 heavy (non-hydrogen) atoms. The quantitative estimate of drug-likeness (QED) is 0.892. The van der Waals surface area contributed by atoms with Gasteiger partial charge in [0.05, 0.1) is 6.04 Å². The number of aromatic nitrogens is 1. The third-order valence-electron chi connectivity index (χ3n) is 2.41. The van der Waals surface area contributed by atoms with Crippen LogP contribution in [0.15, 0.2) is 29.6 Å². The van der Waals surface area contributed by atoms with Gasteiger partial charge < -0.3 is 10.4 Å². The second-order valence-corrected chi connectivity index (χ2v) is 4.62. The van der Waals surface area contributed by atoms with Crippen LogP contribution in [0, 0.1) is 5.82 Å². The van der Waals surface area contributed by atoms with Crippen LogP contribution in [0.4, 0.5) is 9.52 Å². The van der Waals surface area contributed by atoms with Crippen LogP contribution in [0.3, 0.4) is 0 Å². The van der Waals surface area contributed by atoms with Crippen molar-refractivity contribution >= 4 is 22.4 Å². The Balaban J connectivity index is 2.11. The van der Waals surface area contributed by atoms with Crippen LogP contribution >= 0.6 is 11.3 Å². The summed E-state index contributed by atoms with van der Waals surface area (Å²) in [6, 6.07) is 6.10. The maximum atomic E-state index is 13.1. The Hall–Kier alpha value is -1.95. The van der Waals surface area contributed by atoms with E-state index in [1.54, 1.807) is 12.1 Å². The molecule has 2 N–H and O–H groups in total. The van der Waals surface area contributed by atoms with Gasteiger partial charge in [-0.3, -0.25) is 0 Å². The Morgan fingerprint density at radius 2 is 2.33 bits per heavy atom. The summed E-state index contributed by atoms with van der Waals surface area (Å²) in [6.45, 7) is 1.86. The zero-order chi connectivity index (χ0) is 13.1. The van der Waals surface area contributed by atoms with E-state index in [2.05, 4.69) is 10.3 Å². The van der Waals surface area contributed by atoms with E-state index in [1.807, 2.05) is 6.92 Å². The van der Waals surface area contributed by atoms with E-state index < -0.39 is 5.97 Å². The molecule has 0 spiro atoms. The van der Waals surface area contributed by atoms with Crippen LogP contribution in [0.25, 0.3) is 0 Å². The molecule has 2 aromatic rings. The number of carboxylic acids is 1. The van der Waals surface area contributed by atoms with Crippen LogP contribution in [-0.4, -0.2) is 16.1 Å². The number of carboxylic acid groups (broad SMARTS) is 1. The van der Waals surface area contributed by atoms with Crippen molar-refractivity contribution < 1.29 is 14.3 Å². The standard InChI is InChI=1S/C12H11FN2O2S/c1-7(8-3-2-4-9(13)5-8)14-12-15-10(6-18-12)11(16)17/h2-7H,1H3,(H,14,15)(H,16,17). The normalized spacial score (nSPS) is 12.1. The Kier molecular flexibility index (Phi) is 3.57. The van der Waals surface area contributed by atoms with Crippen LogP contribution < -0.4 is 5.32 Å². The molecule has 6 heteroatoms. The molecule has 1 unspecified atom stereocenters. The topological polar surface area (TPSA) is 62.2 Å². The number of aromatic carboxylic acids is 1. The smallest absolute Gasteiger partial charge is 0.355 e. The van der Waals surface area contributed by atoms with E-state index in [9.17, 15) is 9.18 Å². The van der Waals surface area contributed by atoms with Crippen LogP contribution in [-0.2, 0) is 0 Å². The van der Waals surface area contributed by atoms with Gasteiger partial charge in [0.15, 0.2) is 10.8 Å². The molecule has 0 fully saturated rings. The maximum absolute atomic E-state index is 13.1. The zero-order valence-corrected chi connectivity index (χ0v) is 10.4. The first-order chi connectivity index (χ1) is 8.56. The molecule has 0 radical (unpaired) electrons. The molecule has 1 atom stereocenters. The van der Waals surface area contributed by atoms with E-state index >= 15 is 0 Å². The van der Waals surface area contributed by atoms with Crippen molar-refractivity contribution in [3.05, 3.63) is 46.7 Å². The van der Waals surface area contributed by atoms with Crippen LogP contribution in [0.1, 0.15) is 29.0 Å². The van der Waals surface area contributed by atoms with Gasteiger partial charge in [-0.05, 0) is 24.6 Å². The summed E-state index contributed by atoms with van der Waals surface area (Å²) in [5.74, 6) is -1.36. The number of anilines is 1. The van der Waals surface area contributed by atoms with E-state index in [0.717, 1.165) is 5.56 Å². The molecule has 0 saturated heterocycles. The Bertz CT molecular complexity index is 571. The highest BCUT2D eigenvalue weighted by molar-refractivity contribution is 7.13. The first kappa shape index (κ1) is 12.5. The van der Waals surface area contributed by atoms with E-state index in [4.69, 9.17) is 5.11 Å². The highest BCUT2D eigenvalue weighted by Gasteiger charge is 2.11. The van der Waals surface area contributed by atoms with Gasteiger partial charge in [-0.1, -0.05) is 12.1 Å². The highest BCUT2D eigenvalue weighted by atomic mass is 32.1. The van der Waals surface area contributed by atoms with E-state index in [1.165, 1.54) is 28.8 Å². The third-order valence-corrected chi connectivity index (χ3v) is 3.19.